The Morgan fingerprint density at radius 1 is 0.719 bits per heavy atom. The fraction of sp³-hybridized carbons (Fsp3) is 0.222. The first-order chi connectivity index (χ1) is 15.6. The first kappa shape index (κ1) is 19.0. The number of carbonyl (C=O) groups excluding carboxylic acids is 3. The Hall–Kier alpha value is -3.73. The van der Waals surface area contributed by atoms with E-state index in [0.29, 0.717) is 5.69 Å². The molecule has 0 radical (unpaired) electrons. The number of para-hydroxylation sites is 1. The van der Waals surface area contributed by atoms with Gasteiger partial charge in [-0.15, -0.1) is 0 Å². The van der Waals surface area contributed by atoms with Crippen molar-refractivity contribution in [3.63, 3.8) is 0 Å². The zero-order valence-corrected chi connectivity index (χ0v) is 17.6. The summed E-state index contributed by atoms with van der Waals surface area (Å²) < 4.78 is 0. The number of hydrogen-bond acceptors (Lipinski definition) is 3. The molecule has 7 rings (SSSR count). The molecule has 0 saturated carbocycles. The van der Waals surface area contributed by atoms with Gasteiger partial charge in [0.05, 0.1) is 11.8 Å². The van der Waals surface area contributed by atoms with E-state index in [9.17, 15) is 14.4 Å². The number of nitrogens with zero attached hydrogens (tertiary/aromatic N) is 2. The number of likely N-dealkylation sites (tertiary alicyclic amines) is 1. The van der Waals surface area contributed by atoms with Crippen LogP contribution in [-0.4, -0.2) is 29.3 Å². The number of hydrogen-bond donors (Lipinski definition) is 0. The van der Waals surface area contributed by atoms with E-state index < -0.39 is 11.8 Å². The van der Waals surface area contributed by atoms with Gasteiger partial charge in [-0.25, -0.2) is 0 Å². The molecule has 3 aromatic carbocycles. The third-order valence-corrected chi connectivity index (χ3v) is 7.27. The van der Waals surface area contributed by atoms with Crippen molar-refractivity contribution in [1.29, 1.82) is 0 Å². The molecule has 2 bridgehead atoms. The summed E-state index contributed by atoms with van der Waals surface area (Å²) in [6, 6.07) is 25.5. The second-order valence-corrected chi connectivity index (χ2v) is 8.79. The molecular formula is C27H22N2O3. The molecule has 1 aliphatic heterocycles. The van der Waals surface area contributed by atoms with Crippen molar-refractivity contribution in [2.24, 2.45) is 11.8 Å². The third-order valence-electron chi connectivity index (χ3n) is 7.27. The van der Waals surface area contributed by atoms with Crippen molar-refractivity contribution in [3.8, 4) is 0 Å². The van der Waals surface area contributed by atoms with Gasteiger partial charge in [-0.05, 0) is 34.4 Å². The number of benzene rings is 3. The van der Waals surface area contributed by atoms with E-state index in [-0.39, 0.29) is 36.2 Å². The maximum Gasteiger partial charge on any atom is 0.235 e. The molecule has 4 aliphatic rings. The highest BCUT2D eigenvalue weighted by Crippen LogP contribution is 2.60. The van der Waals surface area contributed by atoms with Gasteiger partial charge in [0.2, 0.25) is 17.7 Å². The van der Waals surface area contributed by atoms with Crippen LogP contribution in [0.5, 0.6) is 0 Å². The highest BCUT2D eigenvalue weighted by Gasteiger charge is 2.61. The summed E-state index contributed by atoms with van der Waals surface area (Å²) in [7, 11) is 0. The number of anilines is 1. The summed E-state index contributed by atoms with van der Waals surface area (Å²) in [5, 5.41) is 0. The summed E-state index contributed by atoms with van der Waals surface area (Å²) in [5.41, 5.74) is 5.25. The second-order valence-electron chi connectivity index (χ2n) is 8.79. The van der Waals surface area contributed by atoms with E-state index in [1.165, 1.54) is 16.7 Å². The lowest BCUT2D eigenvalue weighted by Crippen LogP contribution is -2.44. The Balaban J connectivity index is 1.44. The van der Waals surface area contributed by atoms with Crippen molar-refractivity contribution < 1.29 is 14.4 Å². The van der Waals surface area contributed by atoms with Gasteiger partial charge in [-0.3, -0.25) is 24.2 Å². The topological polar surface area (TPSA) is 57.7 Å². The first-order valence-electron chi connectivity index (χ1n) is 10.9. The lowest BCUT2D eigenvalue weighted by Gasteiger charge is -2.45. The smallest absolute Gasteiger partial charge is 0.235 e. The molecule has 32 heavy (non-hydrogen) atoms. The fourth-order valence-electron chi connectivity index (χ4n) is 5.99. The minimum Gasteiger partial charge on any atom is -0.294 e. The Morgan fingerprint density at radius 3 is 1.53 bits per heavy atom. The molecule has 0 spiro atoms. The van der Waals surface area contributed by atoms with Gasteiger partial charge in [-0.1, -0.05) is 66.7 Å². The largest absolute Gasteiger partial charge is 0.294 e. The number of amides is 3. The van der Waals surface area contributed by atoms with Crippen LogP contribution in [0.4, 0.5) is 5.69 Å². The molecule has 3 amide bonds. The van der Waals surface area contributed by atoms with Gasteiger partial charge < -0.3 is 0 Å². The van der Waals surface area contributed by atoms with E-state index in [1.807, 2.05) is 54.6 Å². The van der Waals surface area contributed by atoms with E-state index in [4.69, 9.17) is 0 Å². The molecule has 5 heteroatoms. The van der Waals surface area contributed by atoms with Crippen molar-refractivity contribution in [2.45, 2.75) is 18.8 Å². The predicted octanol–water partition coefficient (Wildman–Crippen LogP) is 3.89. The van der Waals surface area contributed by atoms with Crippen molar-refractivity contribution in [2.75, 3.05) is 11.6 Å². The van der Waals surface area contributed by atoms with Crippen LogP contribution in [0.3, 0.4) is 0 Å². The fourth-order valence-corrected chi connectivity index (χ4v) is 5.99. The molecule has 0 unspecified atom stereocenters. The minimum atomic E-state index is -0.429. The van der Waals surface area contributed by atoms with Crippen LogP contribution in [-0.2, 0) is 14.4 Å². The standard InChI is InChI=1S/C27H22N2O3/c1-16(30)28(17-9-3-2-4-10-17)15-29-26(31)24-22-18-11-5-6-12-19(18)23(25(24)27(29)32)21-14-8-7-13-20(21)22/h2-14,22-25H,15H2,1H3/t22?,23?,24-,25-/m0/s1. The maximum absolute atomic E-state index is 13.7. The number of rotatable bonds is 3. The van der Waals surface area contributed by atoms with Crippen molar-refractivity contribution in [3.05, 3.63) is 101 Å². The normalized spacial score (nSPS) is 24.7. The van der Waals surface area contributed by atoms with Gasteiger partial charge in [-0.2, -0.15) is 0 Å². The van der Waals surface area contributed by atoms with Gasteiger partial charge in [0.15, 0.2) is 0 Å². The van der Waals surface area contributed by atoms with Gasteiger partial charge in [0, 0.05) is 24.4 Å². The lowest BCUT2D eigenvalue weighted by molar-refractivity contribution is -0.140. The third kappa shape index (κ3) is 2.48. The maximum atomic E-state index is 13.7. The Kier molecular flexibility index (Phi) is 4.09. The molecule has 5 nitrogen and oxygen atoms in total. The molecule has 3 aliphatic carbocycles. The molecule has 2 atom stereocenters. The zero-order chi connectivity index (χ0) is 22.0. The number of carbonyl (C=O) groups is 3. The van der Waals surface area contributed by atoms with E-state index in [2.05, 4.69) is 24.3 Å². The molecule has 1 fully saturated rings. The van der Waals surface area contributed by atoms with Crippen LogP contribution in [0.2, 0.25) is 0 Å². The van der Waals surface area contributed by atoms with Crippen LogP contribution >= 0.6 is 0 Å². The summed E-state index contributed by atoms with van der Waals surface area (Å²) >= 11 is 0. The summed E-state index contributed by atoms with van der Waals surface area (Å²) in [6.45, 7) is 1.40. The monoisotopic (exact) mass is 422 g/mol. The van der Waals surface area contributed by atoms with E-state index in [1.54, 1.807) is 0 Å². The average molecular weight is 422 g/mol. The lowest BCUT2D eigenvalue weighted by atomic mass is 9.55. The van der Waals surface area contributed by atoms with Crippen LogP contribution in [0.15, 0.2) is 78.9 Å². The van der Waals surface area contributed by atoms with Crippen LogP contribution in [0, 0.1) is 11.8 Å². The molecule has 3 aromatic rings. The Labute approximate surface area is 186 Å². The average Bonchev–Trinajstić information content (AvgIpc) is 3.08. The first-order valence-corrected chi connectivity index (χ1v) is 10.9. The van der Waals surface area contributed by atoms with Crippen LogP contribution in [0.1, 0.15) is 41.0 Å². The minimum absolute atomic E-state index is 0.0594. The molecule has 1 heterocycles. The van der Waals surface area contributed by atoms with E-state index in [0.717, 1.165) is 22.3 Å². The highest BCUT2D eigenvalue weighted by atomic mass is 16.2. The Bertz CT molecular complexity index is 1150. The van der Waals surface area contributed by atoms with E-state index >= 15 is 0 Å². The predicted molar refractivity (Wildman–Crippen MR) is 120 cm³/mol. The van der Waals surface area contributed by atoms with Crippen molar-refractivity contribution >= 4 is 23.4 Å². The van der Waals surface area contributed by atoms with Gasteiger partial charge >= 0.3 is 0 Å². The summed E-state index contributed by atoms with van der Waals surface area (Å²) in [4.78, 5) is 42.7. The number of imide groups is 1. The second kappa shape index (κ2) is 6.89. The van der Waals surface area contributed by atoms with Crippen LogP contribution in [0.25, 0.3) is 0 Å². The van der Waals surface area contributed by atoms with Crippen LogP contribution < -0.4 is 4.90 Å². The zero-order valence-electron chi connectivity index (χ0n) is 17.6. The molecule has 0 N–H and O–H groups in total. The molecular weight excluding hydrogens is 400 g/mol. The molecule has 158 valence electrons. The summed E-state index contributed by atoms with van der Waals surface area (Å²) in [5.74, 6) is -1.70. The SMILES string of the molecule is CC(=O)N(CN1C(=O)[C@H]2C3c4ccccc4C(c4ccccc43)[C@@H]2C1=O)c1ccccc1. The highest BCUT2D eigenvalue weighted by molar-refractivity contribution is 6.08. The molecule has 0 aromatic heterocycles. The van der Waals surface area contributed by atoms with Gasteiger partial charge in [0.25, 0.3) is 0 Å². The van der Waals surface area contributed by atoms with Gasteiger partial charge in [0.1, 0.15) is 6.67 Å². The summed E-state index contributed by atoms with van der Waals surface area (Å²) in [6.07, 6.45) is 0. The quantitative estimate of drug-likeness (QED) is 0.602. The Morgan fingerprint density at radius 2 is 1.12 bits per heavy atom. The van der Waals surface area contributed by atoms with Crippen molar-refractivity contribution in [1.82, 2.24) is 4.90 Å². The molecule has 1 saturated heterocycles.